The van der Waals surface area contributed by atoms with Crippen LogP contribution in [0.25, 0.3) is 0 Å². The topological polar surface area (TPSA) is 138 Å². The molecule has 0 saturated carbocycles. The van der Waals surface area contributed by atoms with Crippen molar-refractivity contribution in [2.24, 2.45) is 5.73 Å². The van der Waals surface area contributed by atoms with Crippen molar-refractivity contribution < 1.29 is 38.4 Å². The van der Waals surface area contributed by atoms with Gasteiger partial charge in [-0.1, -0.05) is 18.2 Å². The quantitative estimate of drug-likeness (QED) is 0.345. The fraction of sp³-hybridized carbons (Fsp3) is 0.250. The van der Waals surface area contributed by atoms with E-state index in [9.17, 15) is 19.5 Å². The van der Waals surface area contributed by atoms with Crippen molar-refractivity contribution in [3.8, 4) is 28.7 Å². The number of amides is 2. The van der Waals surface area contributed by atoms with Crippen molar-refractivity contribution in [2.45, 2.75) is 25.4 Å². The number of primary amides is 1. The van der Waals surface area contributed by atoms with E-state index in [2.05, 4.69) is 0 Å². The predicted octanol–water partition coefficient (Wildman–Crippen LogP) is 3.87. The predicted molar refractivity (Wildman–Crippen MR) is 139 cm³/mol. The molecule has 3 rings (SSSR count). The first kappa shape index (κ1) is 27.9. The number of para-hydroxylation sites is 1. The van der Waals surface area contributed by atoms with E-state index in [1.807, 2.05) is 18.2 Å². The number of hydrogen-bond donors (Lipinski definition) is 2. The van der Waals surface area contributed by atoms with Gasteiger partial charge in [0, 0.05) is 18.5 Å². The Bertz CT molecular complexity index is 1240. The smallest absolute Gasteiger partial charge is 0.326 e. The van der Waals surface area contributed by atoms with E-state index < -0.39 is 23.8 Å². The Morgan fingerprint density at radius 1 is 0.868 bits per heavy atom. The van der Waals surface area contributed by atoms with Gasteiger partial charge in [0.2, 0.25) is 11.7 Å². The number of hydrogen-bond acceptors (Lipinski definition) is 7. The highest BCUT2D eigenvalue weighted by Gasteiger charge is 2.31. The summed E-state index contributed by atoms with van der Waals surface area (Å²) in [6, 6.07) is 17.4. The maximum Gasteiger partial charge on any atom is 0.326 e. The second-order valence-electron chi connectivity index (χ2n) is 8.27. The fourth-order valence-electron chi connectivity index (χ4n) is 3.89. The first-order chi connectivity index (χ1) is 18.3. The maximum absolute atomic E-state index is 13.7. The van der Waals surface area contributed by atoms with Crippen molar-refractivity contribution in [1.82, 2.24) is 4.90 Å². The second kappa shape index (κ2) is 13.0. The van der Waals surface area contributed by atoms with Crippen LogP contribution in [-0.2, 0) is 16.1 Å². The lowest BCUT2D eigenvalue weighted by atomic mass is 10.0. The van der Waals surface area contributed by atoms with Crippen LogP contribution < -0.4 is 24.7 Å². The first-order valence-corrected chi connectivity index (χ1v) is 11.7. The van der Waals surface area contributed by atoms with Crippen LogP contribution in [0.4, 0.5) is 0 Å². The molecule has 0 unspecified atom stereocenters. The maximum atomic E-state index is 13.7. The third kappa shape index (κ3) is 6.94. The molecule has 10 nitrogen and oxygen atoms in total. The van der Waals surface area contributed by atoms with Gasteiger partial charge in [-0.25, -0.2) is 4.79 Å². The lowest BCUT2D eigenvalue weighted by molar-refractivity contribution is -0.143. The average molecular weight is 523 g/mol. The number of benzene rings is 3. The Kier molecular flexibility index (Phi) is 9.53. The number of carboxylic acids is 1. The number of aliphatic carboxylic acids is 1. The number of methoxy groups -OCH3 is 3. The normalized spacial score (nSPS) is 11.2. The monoisotopic (exact) mass is 522 g/mol. The minimum Gasteiger partial charge on any atom is -0.493 e. The molecule has 0 spiro atoms. The van der Waals surface area contributed by atoms with Gasteiger partial charge in [0.1, 0.15) is 17.5 Å². The SMILES string of the molecule is COc1cc(CN(C(=O)c2ccc(Oc3ccccc3)cc2)[C@@H](CCC(N)=O)C(=O)O)cc(OC)c1OC. The molecule has 0 aliphatic carbocycles. The number of ether oxygens (including phenoxy) is 4. The van der Waals surface area contributed by atoms with Crippen LogP contribution >= 0.6 is 0 Å². The van der Waals surface area contributed by atoms with Crippen LogP contribution in [-0.4, -0.2) is 55.2 Å². The van der Waals surface area contributed by atoms with Crippen LogP contribution in [0.5, 0.6) is 28.7 Å². The van der Waals surface area contributed by atoms with E-state index in [-0.39, 0.29) is 24.9 Å². The van der Waals surface area contributed by atoms with E-state index in [1.165, 1.54) is 26.2 Å². The Balaban J connectivity index is 1.96. The molecule has 0 aromatic heterocycles. The van der Waals surface area contributed by atoms with Crippen molar-refractivity contribution in [3.05, 3.63) is 77.9 Å². The molecular weight excluding hydrogens is 492 g/mol. The summed E-state index contributed by atoms with van der Waals surface area (Å²) in [6.07, 6.45) is -0.365. The molecule has 0 fully saturated rings. The molecule has 10 heteroatoms. The summed E-state index contributed by atoms with van der Waals surface area (Å²) in [5.41, 5.74) is 6.04. The molecule has 3 aromatic carbocycles. The lowest BCUT2D eigenvalue weighted by Crippen LogP contribution is -2.45. The van der Waals surface area contributed by atoms with E-state index in [0.717, 1.165) is 0 Å². The average Bonchev–Trinajstić information content (AvgIpc) is 2.92. The van der Waals surface area contributed by atoms with E-state index >= 15 is 0 Å². The highest BCUT2D eigenvalue weighted by molar-refractivity contribution is 5.97. The molecule has 3 N–H and O–H groups in total. The number of nitrogens with two attached hydrogens (primary N) is 1. The van der Waals surface area contributed by atoms with E-state index in [1.54, 1.807) is 48.5 Å². The van der Waals surface area contributed by atoms with Crippen molar-refractivity contribution in [3.63, 3.8) is 0 Å². The van der Waals surface area contributed by atoms with E-state index in [4.69, 9.17) is 24.7 Å². The first-order valence-electron chi connectivity index (χ1n) is 11.7. The van der Waals surface area contributed by atoms with Crippen LogP contribution in [0.1, 0.15) is 28.8 Å². The molecule has 38 heavy (non-hydrogen) atoms. The number of carboxylic acid groups (broad SMARTS) is 1. The molecule has 0 saturated heterocycles. The Morgan fingerprint density at radius 2 is 1.45 bits per heavy atom. The molecular formula is C28H30N2O8. The molecule has 0 aliphatic rings. The van der Waals surface area contributed by atoms with Crippen LogP contribution in [0, 0.1) is 0 Å². The number of nitrogens with zero attached hydrogens (tertiary/aromatic N) is 1. The van der Waals surface area contributed by atoms with Gasteiger partial charge < -0.3 is 34.7 Å². The second-order valence-corrected chi connectivity index (χ2v) is 8.27. The summed E-state index contributed by atoms with van der Waals surface area (Å²) >= 11 is 0. The summed E-state index contributed by atoms with van der Waals surface area (Å²) in [7, 11) is 4.37. The van der Waals surface area contributed by atoms with Crippen molar-refractivity contribution in [1.29, 1.82) is 0 Å². The Hall–Kier alpha value is -4.73. The zero-order valence-corrected chi connectivity index (χ0v) is 21.4. The molecule has 0 aliphatic heterocycles. The molecule has 0 bridgehead atoms. The van der Waals surface area contributed by atoms with Gasteiger partial charge in [-0.3, -0.25) is 9.59 Å². The standard InChI is InChI=1S/C28H30N2O8/c1-35-23-15-18(16-24(36-2)26(23)37-3)17-30(22(28(33)34)13-14-25(29)31)27(32)19-9-11-21(12-10-19)38-20-7-5-4-6-8-20/h4-12,15-16,22H,13-14,17H2,1-3H3,(H2,29,31)(H,33,34)/t22-/m0/s1. The Labute approximate surface area is 220 Å². The molecule has 3 aromatic rings. The number of carbonyl (C=O) groups is 3. The van der Waals surface area contributed by atoms with Crippen molar-refractivity contribution in [2.75, 3.05) is 21.3 Å². The van der Waals surface area contributed by atoms with Gasteiger partial charge in [0.15, 0.2) is 11.5 Å². The molecule has 0 heterocycles. The summed E-state index contributed by atoms with van der Waals surface area (Å²) < 4.78 is 21.9. The van der Waals surface area contributed by atoms with Gasteiger partial charge in [-0.2, -0.15) is 0 Å². The minimum atomic E-state index is -1.32. The Morgan fingerprint density at radius 3 is 1.95 bits per heavy atom. The van der Waals surface area contributed by atoms with Crippen LogP contribution in [0.3, 0.4) is 0 Å². The molecule has 0 radical (unpaired) electrons. The molecule has 200 valence electrons. The molecule has 1 atom stereocenters. The largest absolute Gasteiger partial charge is 0.493 e. The van der Waals surface area contributed by atoms with E-state index in [0.29, 0.717) is 34.3 Å². The minimum absolute atomic E-state index is 0.118. The third-order valence-corrected chi connectivity index (χ3v) is 5.74. The molecule has 2 amide bonds. The summed E-state index contributed by atoms with van der Waals surface area (Å²) in [5, 5.41) is 9.99. The fourth-order valence-corrected chi connectivity index (χ4v) is 3.89. The van der Waals surface area contributed by atoms with Crippen molar-refractivity contribution >= 4 is 17.8 Å². The van der Waals surface area contributed by atoms with Gasteiger partial charge in [-0.05, 0) is 60.5 Å². The number of rotatable bonds is 13. The zero-order valence-electron chi connectivity index (χ0n) is 21.4. The van der Waals surface area contributed by atoms with Crippen LogP contribution in [0.15, 0.2) is 66.7 Å². The summed E-state index contributed by atoms with van der Waals surface area (Å²) in [6.45, 7) is -0.118. The summed E-state index contributed by atoms with van der Waals surface area (Å²) in [4.78, 5) is 38.5. The summed E-state index contributed by atoms with van der Waals surface area (Å²) in [5.74, 6) is -0.298. The van der Waals surface area contributed by atoms with Gasteiger partial charge in [0.25, 0.3) is 5.91 Å². The highest BCUT2D eigenvalue weighted by Crippen LogP contribution is 2.38. The van der Waals surface area contributed by atoms with Gasteiger partial charge in [-0.15, -0.1) is 0 Å². The van der Waals surface area contributed by atoms with Crippen LogP contribution in [0.2, 0.25) is 0 Å². The third-order valence-electron chi connectivity index (χ3n) is 5.74. The number of carbonyl (C=O) groups excluding carboxylic acids is 2. The lowest BCUT2D eigenvalue weighted by Gasteiger charge is -2.29. The zero-order chi connectivity index (χ0) is 27.7. The van der Waals surface area contributed by atoms with Gasteiger partial charge in [0.05, 0.1) is 21.3 Å². The highest BCUT2D eigenvalue weighted by atomic mass is 16.5. The van der Waals surface area contributed by atoms with Gasteiger partial charge >= 0.3 is 5.97 Å².